The molecular weight excluding hydrogens is 204 g/mol. The van der Waals surface area contributed by atoms with Gasteiger partial charge < -0.3 is 9.84 Å². The monoisotopic (exact) mass is 222 g/mol. The number of benzene rings is 1. The molecule has 16 heavy (non-hydrogen) atoms. The van der Waals surface area contributed by atoms with E-state index in [4.69, 9.17) is 9.84 Å². The Labute approximate surface area is 96.1 Å². The normalized spacial score (nSPS) is 12.1. The van der Waals surface area contributed by atoms with Gasteiger partial charge in [0.05, 0.1) is 6.61 Å². The molecule has 1 rings (SSSR count). The predicted octanol–water partition coefficient (Wildman–Crippen LogP) is 2.84. The Morgan fingerprint density at radius 1 is 1.38 bits per heavy atom. The average molecular weight is 222 g/mol. The van der Waals surface area contributed by atoms with Crippen LogP contribution in [-0.4, -0.2) is 17.7 Å². The highest BCUT2D eigenvalue weighted by Gasteiger charge is 2.09. The highest BCUT2D eigenvalue weighted by molar-refractivity contribution is 5.69. The highest BCUT2D eigenvalue weighted by Crippen LogP contribution is 2.22. The van der Waals surface area contributed by atoms with Crippen molar-refractivity contribution in [1.82, 2.24) is 0 Å². The summed E-state index contributed by atoms with van der Waals surface area (Å²) in [7, 11) is 0. The first-order valence-corrected chi connectivity index (χ1v) is 5.58. The molecule has 0 fully saturated rings. The zero-order chi connectivity index (χ0) is 12.0. The molecule has 3 heteroatoms. The number of esters is 1. The van der Waals surface area contributed by atoms with Gasteiger partial charge in [0.25, 0.3) is 0 Å². The van der Waals surface area contributed by atoms with E-state index in [0.29, 0.717) is 18.9 Å². The van der Waals surface area contributed by atoms with Crippen LogP contribution < -0.4 is 0 Å². The molecule has 0 aliphatic rings. The Morgan fingerprint density at radius 2 is 2.00 bits per heavy atom. The van der Waals surface area contributed by atoms with E-state index >= 15 is 0 Å². The molecule has 1 aromatic rings. The summed E-state index contributed by atoms with van der Waals surface area (Å²) in [6.07, 6.45) is 1.21. The lowest BCUT2D eigenvalue weighted by Gasteiger charge is -2.11. The molecule has 0 heterocycles. The molecule has 0 saturated heterocycles. The summed E-state index contributed by atoms with van der Waals surface area (Å²) in [4.78, 5) is 11.2. The van der Waals surface area contributed by atoms with Gasteiger partial charge in [-0.25, -0.2) is 0 Å². The Bertz CT molecular complexity index is 330. The third kappa shape index (κ3) is 3.93. The summed E-state index contributed by atoms with van der Waals surface area (Å²) >= 11 is 0. The first-order chi connectivity index (χ1) is 7.63. The van der Waals surface area contributed by atoms with Crippen molar-refractivity contribution in [2.75, 3.05) is 6.61 Å². The standard InChI is InChI=1S/C13H18O3/c1-3-16-13(15)9-4-10(2)11-5-7-12(14)8-6-11/h5-8,10,14H,3-4,9H2,1-2H3. The van der Waals surface area contributed by atoms with Crippen molar-refractivity contribution in [2.45, 2.75) is 32.6 Å². The van der Waals surface area contributed by atoms with Crippen molar-refractivity contribution in [3.8, 4) is 5.75 Å². The minimum atomic E-state index is -0.145. The zero-order valence-corrected chi connectivity index (χ0v) is 9.77. The molecular formula is C13H18O3. The smallest absolute Gasteiger partial charge is 0.305 e. The van der Waals surface area contributed by atoms with Crippen LogP contribution in [0.1, 0.15) is 38.2 Å². The van der Waals surface area contributed by atoms with Crippen molar-refractivity contribution in [3.63, 3.8) is 0 Å². The van der Waals surface area contributed by atoms with E-state index < -0.39 is 0 Å². The van der Waals surface area contributed by atoms with E-state index in [-0.39, 0.29) is 11.7 Å². The molecule has 1 N–H and O–H groups in total. The topological polar surface area (TPSA) is 46.5 Å². The van der Waals surface area contributed by atoms with E-state index in [1.165, 1.54) is 0 Å². The van der Waals surface area contributed by atoms with Crippen LogP contribution in [-0.2, 0) is 9.53 Å². The molecule has 0 spiro atoms. The molecule has 0 saturated carbocycles. The first kappa shape index (κ1) is 12.6. The molecule has 0 aromatic heterocycles. The largest absolute Gasteiger partial charge is 0.508 e. The maximum Gasteiger partial charge on any atom is 0.305 e. The van der Waals surface area contributed by atoms with Crippen LogP contribution in [0.4, 0.5) is 0 Å². The molecule has 0 aliphatic carbocycles. The molecule has 0 radical (unpaired) electrons. The van der Waals surface area contributed by atoms with Crippen LogP contribution in [0, 0.1) is 0 Å². The number of hydrogen-bond acceptors (Lipinski definition) is 3. The van der Waals surface area contributed by atoms with Crippen molar-refractivity contribution in [1.29, 1.82) is 0 Å². The summed E-state index contributed by atoms with van der Waals surface area (Å²) in [6, 6.07) is 7.09. The lowest BCUT2D eigenvalue weighted by Crippen LogP contribution is -2.05. The number of carbonyl (C=O) groups is 1. The lowest BCUT2D eigenvalue weighted by atomic mass is 9.96. The summed E-state index contributed by atoms with van der Waals surface area (Å²) in [5.74, 6) is 0.416. The quantitative estimate of drug-likeness (QED) is 0.779. The van der Waals surface area contributed by atoms with Crippen LogP contribution in [0.3, 0.4) is 0 Å². The number of hydrogen-bond donors (Lipinski definition) is 1. The van der Waals surface area contributed by atoms with Gasteiger partial charge in [-0.15, -0.1) is 0 Å². The Kier molecular flexibility index (Phi) is 4.83. The number of aromatic hydroxyl groups is 1. The number of rotatable bonds is 5. The number of ether oxygens (including phenoxy) is 1. The SMILES string of the molecule is CCOC(=O)CCC(C)c1ccc(O)cc1. The zero-order valence-electron chi connectivity index (χ0n) is 9.77. The highest BCUT2D eigenvalue weighted by atomic mass is 16.5. The molecule has 1 aromatic carbocycles. The van der Waals surface area contributed by atoms with Gasteiger partial charge in [-0.1, -0.05) is 19.1 Å². The molecule has 0 amide bonds. The maximum absolute atomic E-state index is 11.2. The summed E-state index contributed by atoms with van der Waals surface area (Å²) in [5, 5.41) is 9.15. The Morgan fingerprint density at radius 3 is 2.56 bits per heavy atom. The van der Waals surface area contributed by atoms with E-state index in [1.54, 1.807) is 19.1 Å². The lowest BCUT2D eigenvalue weighted by molar-refractivity contribution is -0.143. The van der Waals surface area contributed by atoms with Gasteiger partial charge in [-0.3, -0.25) is 4.79 Å². The van der Waals surface area contributed by atoms with Gasteiger partial charge >= 0.3 is 5.97 Å². The van der Waals surface area contributed by atoms with E-state index in [1.807, 2.05) is 12.1 Å². The van der Waals surface area contributed by atoms with E-state index in [2.05, 4.69) is 6.92 Å². The van der Waals surface area contributed by atoms with Crippen LogP contribution in [0.2, 0.25) is 0 Å². The van der Waals surface area contributed by atoms with Crippen LogP contribution >= 0.6 is 0 Å². The fourth-order valence-corrected chi connectivity index (χ4v) is 1.54. The first-order valence-electron chi connectivity index (χ1n) is 5.58. The van der Waals surface area contributed by atoms with Crippen molar-refractivity contribution in [2.24, 2.45) is 0 Å². The molecule has 1 atom stereocenters. The molecule has 1 unspecified atom stereocenters. The number of phenolic OH excluding ortho intramolecular Hbond substituents is 1. The van der Waals surface area contributed by atoms with E-state index in [0.717, 1.165) is 12.0 Å². The second-order valence-electron chi connectivity index (χ2n) is 3.84. The van der Waals surface area contributed by atoms with Crippen LogP contribution in [0.5, 0.6) is 5.75 Å². The minimum Gasteiger partial charge on any atom is -0.508 e. The van der Waals surface area contributed by atoms with Crippen molar-refractivity contribution < 1.29 is 14.6 Å². The van der Waals surface area contributed by atoms with Gasteiger partial charge in [0, 0.05) is 6.42 Å². The van der Waals surface area contributed by atoms with E-state index in [9.17, 15) is 4.79 Å². The predicted molar refractivity (Wildman–Crippen MR) is 62.4 cm³/mol. The maximum atomic E-state index is 11.2. The minimum absolute atomic E-state index is 0.145. The van der Waals surface area contributed by atoms with Gasteiger partial charge in [-0.05, 0) is 37.0 Å². The molecule has 88 valence electrons. The van der Waals surface area contributed by atoms with Crippen LogP contribution in [0.25, 0.3) is 0 Å². The third-order valence-corrected chi connectivity index (χ3v) is 2.55. The fraction of sp³-hybridized carbons (Fsp3) is 0.462. The van der Waals surface area contributed by atoms with Crippen LogP contribution in [0.15, 0.2) is 24.3 Å². The second-order valence-corrected chi connectivity index (χ2v) is 3.84. The molecule has 0 aliphatic heterocycles. The number of phenols is 1. The Hall–Kier alpha value is -1.51. The average Bonchev–Trinajstić information content (AvgIpc) is 2.27. The third-order valence-electron chi connectivity index (χ3n) is 2.55. The summed E-state index contributed by atoms with van der Waals surface area (Å²) in [5.41, 5.74) is 1.13. The number of carbonyl (C=O) groups excluding carboxylic acids is 1. The summed E-state index contributed by atoms with van der Waals surface area (Å²) < 4.78 is 4.87. The fourth-order valence-electron chi connectivity index (χ4n) is 1.54. The van der Waals surface area contributed by atoms with Gasteiger partial charge in [0.2, 0.25) is 0 Å². The van der Waals surface area contributed by atoms with Gasteiger partial charge in [-0.2, -0.15) is 0 Å². The second kappa shape index (κ2) is 6.16. The molecule has 0 bridgehead atoms. The molecule has 3 nitrogen and oxygen atoms in total. The Balaban J connectivity index is 2.43. The van der Waals surface area contributed by atoms with Crippen molar-refractivity contribution in [3.05, 3.63) is 29.8 Å². The van der Waals surface area contributed by atoms with Crippen molar-refractivity contribution >= 4 is 5.97 Å². The van der Waals surface area contributed by atoms with Gasteiger partial charge in [0.15, 0.2) is 0 Å². The van der Waals surface area contributed by atoms with Gasteiger partial charge in [0.1, 0.15) is 5.75 Å². The summed E-state index contributed by atoms with van der Waals surface area (Å²) in [6.45, 7) is 4.30.